The van der Waals surface area contributed by atoms with E-state index < -0.39 is 29.5 Å². The Kier molecular flexibility index (Phi) is 8.08. The number of thiazole rings is 1. The first-order valence-corrected chi connectivity index (χ1v) is 15.8. The third kappa shape index (κ3) is 5.82. The van der Waals surface area contributed by atoms with Crippen LogP contribution >= 0.6 is 11.3 Å². The van der Waals surface area contributed by atoms with Crippen molar-refractivity contribution in [2.75, 3.05) is 20.3 Å². The maximum Gasteiger partial charge on any atom is 0.307 e. The van der Waals surface area contributed by atoms with E-state index in [2.05, 4.69) is 20.6 Å². The van der Waals surface area contributed by atoms with Gasteiger partial charge in [-0.1, -0.05) is 43.3 Å². The van der Waals surface area contributed by atoms with E-state index in [9.17, 15) is 14.4 Å². The Morgan fingerprint density at radius 3 is 2.63 bits per heavy atom. The van der Waals surface area contributed by atoms with Gasteiger partial charge in [0.05, 0.1) is 60.3 Å². The lowest BCUT2D eigenvalue weighted by atomic mass is 9.84. The summed E-state index contributed by atoms with van der Waals surface area (Å²) in [5.74, 6) is -0.503. The van der Waals surface area contributed by atoms with Crippen LogP contribution in [-0.4, -0.2) is 69.0 Å². The van der Waals surface area contributed by atoms with Crippen molar-refractivity contribution in [2.45, 2.75) is 83.5 Å². The second-order valence-electron chi connectivity index (χ2n) is 12.4. The van der Waals surface area contributed by atoms with Crippen molar-refractivity contribution in [3.8, 4) is 10.4 Å². The second-order valence-corrected chi connectivity index (χ2v) is 13.3. The predicted octanol–water partition coefficient (Wildman–Crippen LogP) is 4.10. The zero-order valence-electron chi connectivity index (χ0n) is 25.0. The molecular formula is C31H38N6O5S. The lowest BCUT2D eigenvalue weighted by Crippen LogP contribution is -2.51. The third-order valence-electron chi connectivity index (χ3n) is 8.79. The number of fused-ring (bicyclic) bond motifs is 1. The molecule has 11 nitrogen and oxygen atoms in total. The number of likely N-dealkylation sites (tertiary alicyclic amines) is 1. The SMILES string of the molecule is COC(=O)CC(NC(=O)C1CCCN1C(=O)C1n2nnc(C3CC3)c2COCC1(C)C)c1ccc(-c2scnc2C)cc1. The first-order chi connectivity index (χ1) is 20.7. The van der Waals surface area contributed by atoms with Crippen molar-refractivity contribution in [1.82, 2.24) is 30.2 Å². The van der Waals surface area contributed by atoms with Crippen LogP contribution in [0.25, 0.3) is 10.4 Å². The molecule has 1 aliphatic carbocycles. The number of hydrogen-bond acceptors (Lipinski definition) is 9. The first kappa shape index (κ1) is 29.4. The summed E-state index contributed by atoms with van der Waals surface area (Å²) in [6.07, 6.45) is 3.36. The number of rotatable bonds is 8. The van der Waals surface area contributed by atoms with Crippen LogP contribution in [0.5, 0.6) is 0 Å². The van der Waals surface area contributed by atoms with Crippen LogP contribution in [0.2, 0.25) is 0 Å². The molecule has 1 saturated carbocycles. The molecule has 2 aliphatic heterocycles. The molecule has 4 heterocycles. The molecule has 0 radical (unpaired) electrons. The fourth-order valence-corrected chi connectivity index (χ4v) is 7.09. The normalized spacial score (nSPS) is 22.0. The molecule has 1 aromatic carbocycles. The van der Waals surface area contributed by atoms with Crippen LogP contribution in [0.1, 0.15) is 86.6 Å². The highest BCUT2D eigenvalue weighted by atomic mass is 32.1. The molecule has 1 saturated heterocycles. The summed E-state index contributed by atoms with van der Waals surface area (Å²) < 4.78 is 12.7. The van der Waals surface area contributed by atoms with Crippen LogP contribution in [-0.2, 0) is 30.5 Å². The van der Waals surface area contributed by atoms with Crippen molar-refractivity contribution >= 4 is 29.1 Å². The molecule has 3 aromatic rings. The minimum absolute atomic E-state index is 0.0267. The number of carbonyl (C=O) groups excluding carboxylic acids is 3. The van der Waals surface area contributed by atoms with Gasteiger partial charge in [0.15, 0.2) is 0 Å². The zero-order chi connectivity index (χ0) is 30.3. The number of carbonyl (C=O) groups is 3. The maximum atomic E-state index is 14.3. The maximum absolute atomic E-state index is 14.3. The van der Waals surface area contributed by atoms with Gasteiger partial charge in [0, 0.05) is 17.9 Å². The van der Waals surface area contributed by atoms with Gasteiger partial charge in [0.25, 0.3) is 0 Å². The Bertz CT molecular complexity index is 1510. The lowest BCUT2D eigenvalue weighted by Gasteiger charge is -2.36. The Hall–Kier alpha value is -3.64. The van der Waals surface area contributed by atoms with Crippen LogP contribution in [0.4, 0.5) is 0 Å². The molecular weight excluding hydrogens is 568 g/mol. The minimum atomic E-state index is -0.665. The third-order valence-corrected chi connectivity index (χ3v) is 9.77. The second kappa shape index (κ2) is 11.8. The largest absolute Gasteiger partial charge is 0.469 e. The fraction of sp³-hybridized carbons (Fsp3) is 0.548. The average Bonchev–Trinajstić information content (AvgIpc) is 3.37. The van der Waals surface area contributed by atoms with Crippen LogP contribution in [0, 0.1) is 12.3 Å². The monoisotopic (exact) mass is 606 g/mol. The Labute approximate surface area is 255 Å². The molecule has 228 valence electrons. The topological polar surface area (TPSA) is 129 Å². The summed E-state index contributed by atoms with van der Waals surface area (Å²) in [7, 11) is 1.33. The lowest BCUT2D eigenvalue weighted by molar-refractivity contribution is -0.146. The molecule has 1 N–H and O–H groups in total. The fourth-order valence-electron chi connectivity index (χ4n) is 6.28. The molecule has 6 rings (SSSR count). The van der Waals surface area contributed by atoms with Crippen molar-refractivity contribution in [3.05, 3.63) is 52.4 Å². The van der Waals surface area contributed by atoms with E-state index >= 15 is 0 Å². The molecule has 2 fully saturated rings. The van der Waals surface area contributed by atoms with Crippen LogP contribution in [0.3, 0.4) is 0 Å². The number of nitrogens with one attached hydrogen (secondary N) is 1. The standard InChI is InChI=1S/C31H38N6O5S/c1-18-27(43-17-32-18)21-11-7-19(8-12-21)22(14-25(38)41-4)33-29(39)23-6-5-13-36(23)30(40)28-31(2,3)16-42-15-24-26(20-9-10-20)34-35-37(24)28/h7-8,11-12,17,20,22-23,28H,5-6,9-10,13-16H2,1-4H3,(H,33,39). The van der Waals surface area contributed by atoms with Gasteiger partial charge in [-0.3, -0.25) is 14.4 Å². The zero-order valence-corrected chi connectivity index (χ0v) is 25.9. The van der Waals surface area contributed by atoms with Crippen molar-refractivity contribution < 1.29 is 23.9 Å². The number of ether oxygens (including phenoxy) is 2. The number of aromatic nitrogens is 4. The number of aryl methyl sites for hydroxylation is 1. The van der Waals surface area contributed by atoms with Crippen LogP contribution < -0.4 is 5.32 Å². The van der Waals surface area contributed by atoms with E-state index in [1.54, 1.807) is 20.9 Å². The molecule has 3 unspecified atom stereocenters. The molecule has 2 amide bonds. The number of methoxy groups -OCH3 is 1. The van der Waals surface area contributed by atoms with Gasteiger partial charge in [-0.25, -0.2) is 9.67 Å². The van der Waals surface area contributed by atoms with E-state index in [-0.39, 0.29) is 18.2 Å². The number of hydrogen-bond donors (Lipinski definition) is 1. The highest BCUT2D eigenvalue weighted by Crippen LogP contribution is 2.44. The Balaban J connectivity index is 1.23. The molecule has 0 bridgehead atoms. The van der Waals surface area contributed by atoms with E-state index in [0.717, 1.165) is 45.9 Å². The van der Waals surface area contributed by atoms with Crippen molar-refractivity contribution in [2.24, 2.45) is 5.41 Å². The Morgan fingerprint density at radius 2 is 1.95 bits per heavy atom. The molecule has 2 aromatic heterocycles. The van der Waals surface area contributed by atoms with Gasteiger partial charge in [-0.15, -0.1) is 16.4 Å². The molecule has 3 atom stereocenters. The van der Waals surface area contributed by atoms with E-state index in [4.69, 9.17) is 9.47 Å². The van der Waals surface area contributed by atoms with Gasteiger partial charge in [-0.2, -0.15) is 0 Å². The Morgan fingerprint density at radius 1 is 1.19 bits per heavy atom. The van der Waals surface area contributed by atoms with Crippen molar-refractivity contribution in [3.63, 3.8) is 0 Å². The van der Waals surface area contributed by atoms with E-state index in [1.165, 1.54) is 7.11 Å². The quantitative estimate of drug-likeness (QED) is 0.380. The summed E-state index contributed by atoms with van der Waals surface area (Å²) in [4.78, 5) is 47.6. The smallest absolute Gasteiger partial charge is 0.307 e. The van der Waals surface area contributed by atoms with Crippen molar-refractivity contribution in [1.29, 1.82) is 0 Å². The van der Waals surface area contributed by atoms with Gasteiger partial charge >= 0.3 is 5.97 Å². The summed E-state index contributed by atoms with van der Waals surface area (Å²) >= 11 is 1.57. The highest BCUT2D eigenvalue weighted by Gasteiger charge is 2.48. The summed E-state index contributed by atoms with van der Waals surface area (Å²) in [5, 5.41) is 12.0. The molecule has 12 heteroatoms. The van der Waals surface area contributed by atoms with Crippen LogP contribution in [0.15, 0.2) is 29.8 Å². The molecule has 43 heavy (non-hydrogen) atoms. The number of esters is 1. The summed E-state index contributed by atoms with van der Waals surface area (Å²) in [5.41, 5.74) is 5.79. The first-order valence-electron chi connectivity index (χ1n) is 14.9. The molecule has 3 aliphatic rings. The van der Waals surface area contributed by atoms with Gasteiger partial charge in [-0.05, 0) is 43.7 Å². The van der Waals surface area contributed by atoms with E-state index in [1.807, 2.05) is 50.5 Å². The molecule has 0 spiro atoms. The average molecular weight is 607 g/mol. The summed E-state index contributed by atoms with van der Waals surface area (Å²) in [6, 6.07) is 5.85. The van der Waals surface area contributed by atoms with Gasteiger partial charge in [0.2, 0.25) is 11.8 Å². The highest BCUT2D eigenvalue weighted by molar-refractivity contribution is 7.13. The number of amides is 2. The predicted molar refractivity (Wildman–Crippen MR) is 159 cm³/mol. The van der Waals surface area contributed by atoms with Gasteiger partial charge in [0.1, 0.15) is 12.1 Å². The number of nitrogens with zero attached hydrogens (tertiary/aromatic N) is 5. The number of benzene rings is 1. The summed E-state index contributed by atoms with van der Waals surface area (Å²) in [6.45, 7) is 7.19. The van der Waals surface area contributed by atoms with Gasteiger partial charge < -0.3 is 19.7 Å². The minimum Gasteiger partial charge on any atom is -0.469 e. The van der Waals surface area contributed by atoms with E-state index in [0.29, 0.717) is 38.5 Å².